The Morgan fingerprint density at radius 2 is 1.75 bits per heavy atom. The Hall–Kier alpha value is -3.81. The van der Waals surface area contributed by atoms with E-state index < -0.39 is 0 Å². The average Bonchev–Trinajstić information content (AvgIpc) is 3.33. The van der Waals surface area contributed by atoms with Crippen molar-refractivity contribution in [3.63, 3.8) is 0 Å². The Morgan fingerprint density at radius 1 is 1.03 bits per heavy atom. The first-order valence-corrected chi connectivity index (χ1v) is 10.7. The van der Waals surface area contributed by atoms with Crippen molar-refractivity contribution in [1.29, 1.82) is 0 Å². The van der Waals surface area contributed by atoms with Gasteiger partial charge in [0.2, 0.25) is 17.6 Å². The highest BCUT2D eigenvalue weighted by Crippen LogP contribution is 2.28. The van der Waals surface area contributed by atoms with Gasteiger partial charge in [-0.25, -0.2) is 4.98 Å². The predicted octanol–water partition coefficient (Wildman–Crippen LogP) is 3.16. The van der Waals surface area contributed by atoms with Crippen LogP contribution >= 0.6 is 0 Å². The summed E-state index contributed by atoms with van der Waals surface area (Å²) < 4.78 is 6.96. The van der Waals surface area contributed by atoms with Gasteiger partial charge in [-0.3, -0.25) is 14.2 Å². The number of aryl methyl sites for hydroxylation is 1. The third kappa shape index (κ3) is 3.79. The second-order valence-electron chi connectivity index (χ2n) is 8.04. The maximum absolute atomic E-state index is 12.9. The monoisotopic (exact) mass is 429 g/mol. The summed E-state index contributed by atoms with van der Waals surface area (Å²) in [6, 6.07) is 16.9. The molecule has 5 rings (SSSR count). The molecule has 1 aliphatic heterocycles. The molecule has 0 unspecified atom stereocenters. The third-order valence-electron chi connectivity index (χ3n) is 6.02. The quantitative estimate of drug-likeness (QED) is 0.495. The molecule has 3 heterocycles. The molecular formula is C24H23N5O3. The second kappa shape index (κ2) is 8.37. The molecule has 0 N–H and O–H groups in total. The number of rotatable bonds is 4. The van der Waals surface area contributed by atoms with E-state index in [0.717, 1.165) is 18.4 Å². The molecule has 1 amide bonds. The molecule has 8 heteroatoms. The molecule has 1 fully saturated rings. The van der Waals surface area contributed by atoms with Gasteiger partial charge >= 0.3 is 0 Å². The number of aromatic nitrogens is 4. The van der Waals surface area contributed by atoms with E-state index in [9.17, 15) is 9.59 Å². The van der Waals surface area contributed by atoms with E-state index in [2.05, 4.69) is 15.1 Å². The number of hydrogen-bond donors (Lipinski definition) is 0. The summed E-state index contributed by atoms with van der Waals surface area (Å²) >= 11 is 0. The zero-order chi connectivity index (χ0) is 22.1. The molecular weight excluding hydrogens is 406 g/mol. The van der Waals surface area contributed by atoms with Crippen molar-refractivity contribution >= 4 is 16.8 Å². The summed E-state index contributed by atoms with van der Waals surface area (Å²) in [5.41, 5.74) is 1.38. The minimum Gasteiger partial charge on any atom is -0.341 e. The zero-order valence-electron chi connectivity index (χ0n) is 17.8. The molecule has 8 nitrogen and oxygen atoms in total. The highest BCUT2D eigenvalue weighted by atomic mass is 16.5. The number of carbonyl (C=O) groups is 1. The van der Waals surface area contributed by atoms with Crippen LogP contribution in [-0.2, 0) is 11.3 Å². The minimum atomic E-state index is -0.185. The zero-order valence-corrected chi connectivity index (χ0v) is 17.8. The van der Waals surface area contributed by atoms with Crippen molar-refractivity contribution in [2.45, 2.75) is 32.2 Å². The van der Waals surface area contributed by atoms with Gasteiger partial charge < -0.3 is 9.42 Å². The number of hydrogen-bond acceptors (Lipinski definition) is 6. The topological polar surface area (TPSA) is 94.1 Å². The Morgan fingerprint density at radius 3 is 2.53 bits per heavy atom. The third-order valence-corrected chi connectivity index (χ3v) is 6.02. The van der Waals surface area contributed by atoms with Crippen LogP contribution in [0.2, 0.25) is 0 Å². The number of fused-ring (bicyclic) bond motifs is 1. The molecule has 0 aliphatic carbocycles. The predicted molar refractivity (Wildman–Crippen MR) is 119 cm³/mol. The van der Waals surface area contributed by atoms with Crippen molar-refractivity contribution in [2.75, 3.05) is 13.1 Å². The summed E-state index contributed by atoms with van der Waals surface area (Å²) in [7, 11) is 0. The number of carbonyl (C=O) groups excluding carboxylic acids is 1. The molecule has 0 bridgehead atoms. The van der Waals surface area contributed by atoms with Crippen molar-refractivity contribution in [3.8, 4) is 11.4 Å². The molecule has 1 aliphatic rings. The van der Waals surface area contributed by atoms with E-state index in [-0.39, 0.29) is 23.9 Å². The van der Waals surface area contributed by atoms with Crippen LogP contribution in [0.5, 0.6) is 0 Å². The summed E-state index contributed by atoms with van der Waals surface area (Å²) in [5, 5.41) is 4.63. The fourth-order valence-corrected chi connectivity index (χ4v) is 4.18. The van der Waals surface area contributed by atoms with E-state index >= 15 is 0 Å². The van der Waals surface area contributed by atoms with E-state index in [1.54, 1.807) is 30.0 Å². The molecule has 162 valence electrons. The first kappa shape index (κ1) is 20.1. The molecule has 0 atom stereocenters. The van der Waals surface area contributed by atoms with Gasteiger partial charge in [0, 0.05) is 24.6 Å². The lowest BCUT2D eigenvalue weighted by molar-refractivity contribution is -0.133. The molecule has 32 heavy (non-hydrogen) atoms. The van der Waals surface area contributed by atoms with Gasteiger partial charge in [0.05, 0.1) is 10.9 Å². The van der Waals surface area contributed by atoms with Gasteiger partial charge in [-0.1, -0.05) is 47.6 Å². The van der Waals surface area contributed by atoms with Gasteiger partial charge in [-0.15, -0.1) is 0 Å². The number of nitrogens with zero attached hydrogens (tertiary/aromatic N) is 5. The first-order valence-electron chi connectivity index (χ1n) is 10.7. The van der Waals surface area contributed by atoms with Gasteiger partial charge in [0.1, 0.15) is 12.4 Å². The highest BCUT2D eigenvalue weighted by molar-refractivity contribution is 5.79. The lowest BCUT2D eigenvalue weighted by Gasteiger charge is -2.30. The van der Waals surface area contributed by atoms with E-state index in [1.165, 1.54) is 4.57 Å². The lowest BCUT2D eigenvalue weighted by Crippen LogP contribution is -2.41. The summed E-state index contributed by atoms with van der Waals surface area (Å²) in [6.45, 7) is 2.92. The van der Waals surface area contributed by atoms with E-state index in [0.29, 0.717) is 41.5 Å². The normalized spacial score (nSPS) is 14.7. The minimum absolute atomic E-state index is 0.00806. The molecule has 2 aromatic heterocycles. The van der Waals surface area contributed by atoms with Crippen molar-refractivity contribution < 1.29 is 9.32 Å². The van der Waals surface area contributed by atoms with Crippen LogP contribution in [0.25, 0.3) is 22.3 Å². The van der Waals surface area contributed by atoms with Crippen molar-refractivity contribution in [2.24, 2.45) is 0 Å². The van der Waals surface area contributed by atoms with Crippen molar-refractivity contribution in [1.82, 2.24) is 24.6 Å². The standard InChI is InChI=1S/C24H23N5O3/c1-16-25-20-10-6-5-9-19(20)24(31)29(16)15-21(30)28-13-11-18(12-14-28)23-26-22(27-32-23)17-7-3-2-4-8-17/h2-10,18H,11-15H2,1H3. The molecule has 2 aromatic carbocycles. The number of amides is 1. The van der Waals surface area contributed by atoms with E-state index in [4.69, 9.17) is 4.52 Å². The average molecular weight is 429 g/mol. The Balaban J connectivity index is 1.25. The van der Waals surface area contributed by atoms with Gasteiger partial charge in [-0.2, -0.15) is 4.98 Å². The van der Waals surface area contributed by atoms with Crippen LogP contribution in [0, 0.1) is 6.92 Å². The van der Waals surface area contributed by atoms with Crippen LogP contribution in [-0.4, -0.2) is 43.6 Å². The molecule has 1 saturated heterocycles. The van der Waals surface area contributed by atoms with Crippen molar-refractivity contribution in [3.05, 3.63) is 76.7 Å². The van der Waals surface area contributed by atoms with Gasteiger partial charge in [0.25, 0.3) is 5.56 Å². The maximum atomic E-state index is 12.9. The number of para-hydroxylation sites is 1. The molecule has 0 saturated carbocycles. The lowest BCUT2D eigenvalue weighted by atomic mass is 9.96. The molecule has 0 radical (unpaired) electrons. The smallest absolute Gasteiger partial charge is 0.261 e. The summed E-state index contributed by atoms with van der Waals surface area (Å²) in [4.78, 5) is 36.6. The number of likely N-dealkylation sites (tertiary alicyclic amines) is 1. The summed E-state index contributed by atoms with van der Waals surface area (Å²) in [5.74, 6) is 1.77. The maximum Gasteiger partial charge on any atom is 0.261 e. The fraction of sp³-hybridized carbons (Fsp3) is 0.292. The second-order valence-corrected chi connectivity index (χ2v) is 8.04. The Labute approximate surface area is 184 Å². The fourth-order valence-electron chi connectivity index (χ4n) is 4.18. The Bertz CT molecular complexity index is 1320. The summed E-state index contributed by atoms with van der Waals surface area (Å²) in [6.07, 6.45) is 1.48. The number of piperidine rings is 1. The SMILES string of the molecule is Cc1nc2ccccc2c(=O)n1CC(=O)N1CCC(c2nc(-c3ccccc3)no2)CC1. The number of benzene rings is 2. The van der Waals surface area contributed by atoms with Crippen LogP contribution in [0.1, 0.15) is 30.5 Å². The molecule has 0 spiro atoms. The van der Waals surface area contributed by atoms with Crippen LogP contribution in [0.3, 0.4) is 0 Å². The highest BCUT2D eigenvalue weighted by Gasteiger charge is 2.28. The van der Waals surface area contributed by atoms with Crippen LogP contribution in [0.15, 0.2) is 63.9 Å². The van der Waals surface area contributed by atoms with Crippen LogP contribution < -0.4 is 5.56 Å². The van der Waals surface area contributed by atoms with Gasteiger partial charge in [0.15, 0.2) is 0 Å². The first-order chi connectivity index (χ1) is 15.6. The molecule has 4 aromatic rings. The van der Waals surface area contributed by atoms with Crippen LogP contribution in [0.4, 0.5) is 0 Å². The largest absolute Gasteiger partial charge is 0.341 e. The van der Waals surface area contributed by atoms with Gasteiger partial charge in [-0.05, 0) is 31.9 Å². The Kier molecular flexibility index (Phi) is 5.26. The van der Waals surface area contributed by atoms with E-state index in [1.807, 2.05) is 36.4 Å².